The van der Waals surface area contributed by atoms with Crippen LogP contribution in [-0.4, -0.2) is 0 Å². The third-order valence-electron chi connectivity index (χ3n) is 12.8. The minimum absolute atomic E-state index is 0.373. The summed E-state index contributed by atoms with van der Waals surface area (Å²) in [7, 11) is 0. The molecule has 2 N–H and O–H groups in total. The van der Waals surface area contributed by atoms with Crippen LogP contribution in [0.3, 0.4) is 0 Å². The van der Waals surface area contributed by atoms with Crippen molar-refractivity contribution in [3.63, 3.8) is 0 Å². The third-order valence-corrected chi connectivity index (χ3v) is 14.0. The van der Waals surface area contributed by atoms with Crippen LogP contribution in [0.1, 0.15) is 44.9 Å². The van der Waals surface area contributed by atoms with E-state index >= 15 is 0 Å². The Kier molecular flexibility index (Phi) is 7.12. The smallest absolute Gasteiger partial charge is 0.0736 e. The zero-order valence-electron chi connectivity index (χ0n) is 31.2. The monoisotopic (exact) mass is 743 g/mol. The summed E-state index contributed by atoms with van der Waals surface area (Å²) in [6, 6.07) is 67.7. The van der Waals surface area contributed by atoms with Gasteiger partial charge >= 0.3 is 0 Å². The second kappa shape index (κ2) is 12.4. The van der Waals surface area contributed by atoms with E-state index in [4.69, 9.17) is 5.73 Å². The van der Waals surface area contributed by atoms with E-state index in [0.29, 0.717) is 5.92 Å². The molecule has 1 nitrogen and oxygen atoms in total. The van der Waals surface area contributed by atoms with Crippen molar-refractivity contribution in [1.82, 2.24) is 0 Å². The lowest BCUT2D eigenvalue weighted by Gasteiger charge is -2.40. The molecule has 0 saturated carbocycles. The average molecular weight is 744 g/mol. The number of hydrogen-bond acceptors (Lipinski definition) is 2. The fourth-order valence-corrected chi connectivity index (χ4v) is 11.6. The molecule has 12 rings (SSSR count). The molecule has 0 fully saturated rings. The topological polar surface area (TPSA) is 26.0 Å². The minimum atomic E-state index is -0.507. The molecule has 2 heteroatoms. The Morgan fingerprint density at radius 3 is 1.72 bits per heavy atom. The van der Waals surface area contributed by atoms with Crippen LogP contribution in [0.4, 0.5) is 5.69 Å². The molecule has 1 aliphatic heterocycles. The zero-order chi connectivity index (χ0) is 37.7. The first-order valence-corrected chi connectivity index (χ1v) is 20.7. The predicted octanol–water partition coefficient (Wildman–Crippen LogP) is 14.1. The summed E-state index contributed by atoms with van der Waals surface area (Å²) in [4.78, 5) is 2.54. The Bertz CT molecular complexity index is 3050. The number of fused-ring (bicyclic) bond motifs is 12. The Labute approximate surface area is 337 Å². The first kappa shape index (κ1) is 32.6. The molecule has 0 aromatic heterocycles. The summed E-state index contributed by atoms with van der Waals surface area (Å²) in [6.07, 6.45) is 5.78. The van der Waals surface area contributed by atoms with Gasteiger partial charge in [-0.3, -0.25) is 0 Å². The van der Waals surface area contributed by atoms with Gasteiger partial charge in [-0.2, -0.15) is 0 Å². The van der Waals surface area contributed by atoms with Gasteiger partial charge in [0.05, 0.1) is 5.41 Å². The summed E-state index contributed by atoms with van der Waals surface area (Å²) in [5.74, 6) is 0.373. The van der Waals surface area contributed by atoms with Crippen molar-refractivity contribution < 1.29 is 0 Å². The molecule has 1 atom stereocenters. The van der Waals surface area contributed by atoms with Crippen LogP contribution in [0.25, 0.3) is 61.0 Å². The van der Waals surface area contributed by atoms with Gasteiger partial charge < -0.3 is 5.73 Å². The second-order valence-corrected chi connectivity index (χ2v) is 16.8. The van der Waals surface area contributed by atoms with Gasteiger partial charge in [-0.05, 0) is 131 Å². The highest BCUT2D eigenvalue weighted by atomic mass is 32.2. The van der Waals surface area contributed by atoms with Crippen LogP contribution in [-0.2, 0) is 11.8 Å². The number of nitrogen functional groups attached to an aromatic ring is 1. The van der Waals surface area contributed by atoms with Gasteiger partial charge in [-0.1, -0.05) is 176 Å². The molecule has 2 aliphatic carbocycles. The van der Waals surface area contributed by atoms with Gasteiger partial charge in [0.15, 0.2) is 0 Å². The molecule has 1 unspecified atom stereocenters. The summed E-state index contributed by atoms with van der Waals surface area (Å²) in [5, 5.41) is 5.07. The molecule has 0 bridgehead atoms. The number of hydrogen-bond donors (Lipinski definition) is 1. The summed E-state index contributed by atoms with van der Waals surface area (Å²) in [5.41, 5.74) is 23.9. The first-order chi connectivity index (χ1) is 28.2. The van der Waals surface area contributed by atoms with Crippen molar-refractivity contribution in [3.05, 3.63) is 227 Å². The fraction of sp³-hybridized carbons (Fsp3) is 0.0545. The van der Waals surface area contributed by atoms with E-state index in [-0.39, 0.29) is 0 Å². The second-order valence-electron chi connectivity index (χ2n) is 15.7. The first-order valence-electron chi connectivity index (χ1n) is 19.9. The third kappa shape index (κ3) is 4.65. The highest BCUT2D eigenvalue weighted by Gasteiger charge is 2.50. The molecule has 57 heavy (non-hydrogen) atoms. The summed E-state index contributed by atoms with van der Waals surface area (Å²) >= 11 is 1.86. The maximum Gasteiger partial charge on any atom is 0.0736 e. The molecular weight excluding hydrogens is 707 g/mol. The van der Waals surface area contributed by atoms with Gasteiger partial charge in [-0.25, -0.2) is 0 Å². The van der Waals surface area contributed by atoms with E-state index in [2.05, 4.69) is 188 Å². The Balaban J connectivity index is 1.11. The molecule has 0 saturated heterocycles. The Morgan fingerprint density at radius 1 is 0.474 bits per heavy atom. The highest BCUT2D eigenvalue weighted by molar-refractivity contribution is 7.99. The van der Waals surface area contributed by atoms with Crippen LogP contribution in [0.2, 0.25) is 0 Å². The Morgan fingerprint density at radius 2 is 1.04 bits per heavy atom. The molecule has 9 aromatic rings. The highest BCUT2D eigenvalue weighted by Crippen LogP contribution is 2.63. The van der Waals surface area contributed by atoms with E-state index in [1.54, 1.807) is 0 Å². The van der Waals surface area contributed by atoms with Gasteiger partial charge in [0.25, 0.3) is 0 Å². The van der Waals surface area contributed by atoms with Crippen molar-refractivity contribution >= 4 is 45.1 Å². The number of allylic oxidation sites excluding steroid dienone is 1. The lowest BCUT2D eigenvalue weighted by molar-refractivity contribution is 0.723. The molecular formula is C55H37NS. The van der Waals surface area contributed by atoms with Gasteiger partial charge in [0.2, 0.25) is 0 Å². The van der Waals surface area contributed by atoms with Gasteiger partial charge in [0, 0.05) is 21.4 Å². The average Bonchev–Trinajstić information content (AvgIpc) is 3.56. The molecule has 1 spiro atoms. The fourth-order valence-electron chi connectivity index (χ4n) is 10.5. The normalized spacial score (nSPS) is 15.5. The van der Waals surface area contributed by atoms with E-state index in [9.17, 15) is 0 Å². The Hall–Kier alpha value is -6.61. The molecule has 3 aliphatic rings. The van der Waals surface area contributed by atoms with Gasteiger partial charge in [0.1, 0.15) is 0 Å². The lowest BCUT2D eigenvalue weighted by Crippen LogP contribution is -2.32. The summed E-state index contributed by atoms with van der Waals surface area (Å²) in [6.45, 7) is 0. The quantitative estimate of drug-likeness (QED) is 0.144. The number of benzene rings is 9. The standard InChI is InChI=1S/C55H37NS/c56-38-27-30-52-50(33-38)55(47-23-10-8-16-40(47)41-17-9-11-24-48(41)55)49-32-37(26-29-51(49)57-52)53-43-18-4-6-20-45(43)54(46-21-7-5-19-44(46)53)42-22-12-15-36-31-35(25-28-39(36)42)34-13-2-1-3-14-34/h1-30,32-33,35H,31,56H2. The number of rotatable bonds is 3. The van der Waals surface area contributed by atoms with Crippen LogP contribution in [0.5, 0.6) is 0 Å². The van der Waals surface area contributed by atoms with Gasteiger partial charge in [-0.15, -0.1) is 0 Å². The summed E-state index contributed by atoms with van der Waals surface area (Å²) < 4.78 is 0. The van der Waals surface area contributed by atoms with Crippen LogP contribution >= 0.6 is 11.8 Å². The maximum absolute atomic E-state index is 6.66. The van der Waals surface area contributed by atoms with E-state index in [1.165, 1.54) is 104 Å². The SMILES string of the molecule is Nc1ccc2c(c1)C1(c3cc(-c4c5ccccc5c(-c5cccc6c5C=CC(c5ccccc5)C6)c5ccccc45)ccc3S2)c2ccccc2-c2ccccc21. The van der Waals surface area contributed by atoms with Crippen LogP contribution < -0.4 is 5.73 Å². The molecule has 0 amide bonds. The minimum Gasteiger partial charge on any atom is -0.399 e. The predicted molar refractivity (Wildman–Crippen MR) is 240 cm³/mol. The molecule has 268 valence electrons. The molecule has 9 aromatic carbocycles. The van der Waals surface area contributed by atoms with Crippen molar-refractivity contribution in [2.75, 3.05) is 5.73 Å². The zero-order valence-corrected chi connectivity index (χ0v) is 32.1. The van der Waals surface area contributed by atoms with Crippen LogP contribution in [0.15, 0.2) is 198 Å². The van der Waals surface area contributed by atoms with Crippen molar-refractivity contribution in [3.8, 4) is 33.4 Å². The van der Waals surface area contributed by atoms with Crippen molar-refractivity contribution in [2.45, 2.75) is 27.5 Å². The van der Waals surface area contributed by atoms with E-state index in [1.807, 2.05) is 17.8 Å². The van der Waals surface area contributed by atoms with E-state index < -0.39 is 5.41 Å². The largest absolute Gasteiger partial charge is 0.399 e. The van der Waals surface area contributed by atoms with Crippen molar-refractivity contribution in [1.29, 1.82) is 0 Å². The van der Waals surface area contributed by atoms with E-state index in [0.717, 1.165) is 12.1 Å². The van der Waals surface area contributed by atoms with Crippen molar-refractivity contribution in [2.24, 2.45) is 0 Å². The van der Waals surface area contributed by atoms with Crippen LogP contribution in [0, 0.1) is 0 Å². The molecule has 0 radical (unpaired) electrons. The number of nitrogens with two attached hydrogens (primary N) is 1. The number of anilines is 1. The lowest BCUT2D eigenvalue weighted by atomic mass is 9.67. The molecule has 1 heterocycles. The maximum atomic E-state index is 6.66.